The van der Waals surface area contributed by atoms with Crippen LogP contribution in [0.1, 0.15) is 30.5 Å². The van der Waals surface area contributed by atoms with Gasteiger partial charge in [0.2, 0.25) is 0 Å². The van der Waals surface area contributed by atoms with Gasteiger partial charge in [-0.25, -0.2) is 0 Å². The van der Waals surface area contributed by atoms with Crippen molar-refractivity contribution < 1.29 is 0 Å². The number of nitrogens with zero attached hydrogens (tertiary/aromatic N) is 2. The molecule has 1 aliphatic heterocycles. The van der Waals surface area contributed by atoms with Gasteiger partial charge in [0.1, 0.15) is 0 Å². The number of rotatable bonds is 1. The quantitative estimate of drug-likeness (QED) is 0.240. The summed E-state index contributed by atoms with van der Waals surface area (Å²) < 4.78 is 2.49. The molecule has 2 heterocycles. The first-order valence-electron chi connectivity index (χ1n) is 12.4. The lowest BCUT2D eigenvalue weighted by Crippen LogP contribution is -2.15. The van der Waals surface area contributed by atoms with Gasteiger partial charge in [-0.1, -0.05) is 86.6 Å². The normalized spacial score (nSPS) is 15.1. The largest absolute Gasteiger partial charge is 0.309 e. The second-order valence-corrected chi connectivity index (χ2v) is 10.4. The molecule has 0 N–H and O–H groups in total. The molecule has 1 aliphatic carbocycles. The Hall–Kier alpha value is -4.17. The maximum atomic E-state index is 4.67. The van der Waals surface area contributed by atoms with E-state index >= 15 is 0 Å². The first-order chi connectivity index (χ1) is 17.1. The lowest BCUT2D eigenvalue weighted by atomic mass is 9.79. The molecule has 1 aromatic heterocycles. The zero-order valence-electron chi connectivity index (χ0n) is 19.8. The van der Waals surface area contributed by atoms with E-state index in [9.17, 15) is 0 Å². The van der Waals surface area contributed by atoms with E-state index < -0.39 is 0 Å². The molecule has 0 saturated heterocycles. The maximum absolute atomic E-state index is 4.67. The third kappa shape index (κ3) is 2.32. The van der Waals surface area contributed by atoms with Gasteiger partial charge in [0.05, 0.1) is 16.7 Å². The summed E-state index contributed by atoms with van der Waals surface area (Å²) in [6.07, 6.45) is 2.94. The molecule has 0 unspecified atom stereocenters. The Kier molecular flexibility index (Phi) is 3.55. The molecule has 35 heavy (non-hydrogen) atoms. The summed E-state index contributed by atoms with van der Waals surface area (Å²) in [5.74, 6) is 0. The number of fused-ring (bicyclic) bond motifs is 11. The fourth-order valence-electron chi connectivity index (χ4n) is 6.71. The highest BCUT2D eigenvalue weighted by Gasteiger charge is 2.39. The van der Waals surface area contributed by atoms with E-state index in [2.05, 4.69) is 114 Å². The van der Waals surface area contributed by atoms with E-state index in [0.717, 1.165) is 12.1 Å². The standard InChI is InChI=1S/C33H24N2/c1-33(2)26-13-7-5-11-24(26)30-31(33)23-10-4-3-9-22(23)29-25-12-6-8-14-28(25)35(32(29)30)21-16-15-20-17-18-34-27(20)19-21/h3-16,18-19H,17H2,1-2H3. The van der Waals surface area contributed by atoms with E-state index in [-0.39, 0.29) is 5.41 Å². The highest BCUT2D eigenvalue weighted by Crippen LogP contribution is 2.56. The molecule has 6 aromatic rings. The number of aromatic nitrogens is 1. The van der Waals surface area contributed by atoms with Crippen molar-refractivity contribution in [3.8, 4) is 16.8 Å². The number of hydrogen-bond acceptors (Lipinski definition) is 1. The lowest BCUT2D eigenvalue weighted by molar-refractivity contribution is 0.666. The van der Waals surface area contributed by atoms with Crippen molar-refractivity contribution in [2.24, 2.45) is 4.99 Å². The summed E-state index contributed by atoms with van der Waals surface area (Å²) in [5, 5.41) is 5.33. The Balaban J connectivity index is 1.67. The maximum Gasteiger partial charge on any atom is 0.0682 e. The van der Waals surface area contributed by atoms with Crippen LogP contribution in [0.5, 0.6) is 0 Å². The monoisotopic (exact) mass is 448 g/mol. The minimum atomic E-state index is -0.0801. The van der Waals surface area contributed by atoms with Crippen molar-refractivity contribution in [2.75, 3.05) is 0 Å². The van der Waals surface area contributed by atoms with E-state index in [0.29, 0.717) is 0 Å². The van der Waals surface area contributed by atoms with Crippen molar-refractivity contribution >= 4 is 44.5 Å². The number of para-hydroxylation sites is 1. The summed E-state index contributed by atoms with van der Waals surface area (Å²) in [6, 6.07) is 33.6. The predicted molar refractivity (Wildman–Crippen MR) is 148 cm³/mol. The summed E-state index contributed by atoms with van der Waals surface area (Å²) in [7, 11) is 0. The second-order valence-electron chi connectivity index (χ2n) is 10.4. The van der Waals surface area contributed by atoms with E-state index in [1.165, 1.54) is 66.1 Å². The molecule has 0 bridgehead atoms. The van der Waals surface area contributed by atoms with Crippen molar-refractivity contribution in [2.45, 2.75) is 25.7 Å². The molecule has 0 saturated carbocycles. The van der Waals surface area contributed by atoms with Gasteiger partial charge in [-0.3, -0.25) is 4.99 Å². The van der Waals surface area contributed by atoms with Gasteiger partial charge in [-0.05, 0) is 51.2 Å². The van der Waals surface area contributed by atoms with Gasteiger partial charge in [-0.2, -0.15) is 0 Å². The molecule has 2 nitrogen and oxygen atoms in total. The smallest absolute Gasteiger partial charge is 0.0682 e. The first-order valence-corrected chi connectivity index (χ1v) is 12.4. The molecule has 8 rings (SSSR count). The molecule has 2 aliphatic rings. The fraction of sp³-hybridized carbons (Fsp3) is 0.121. The van der Waals surface area contributed by atoms with Gasteiger partial charge >= 0.3 is 0 Å². The number of aliphatic imine (C=N–C) groups is 1. The van der Waals surface area contributed by atoms with Gasteiger partial charge < -0.3 is 4.57 Å². The minimum Gasteiger partial charge on any atom is -0.309 e. The Bertz CT molecular complexity index is 1900. The van der Waals surface area contributed by atoms with Gasteiger partial charge in [0.15, 0.2) is 0 Å². The molecule has 0 radical (unpaired) electrons. The third-order valence-corrected chi connectivity index (χ3v) is 8.19. The summed E-state index contributed by atoms with van der Waals surface area (Å²) in [5.41, 5.74) is 11.6. The second kappa shape index (κ2) is 6.49. The zero-order chi connectivity index (χ0) is 23.3. The summed E-state index contributed by atoms with van der Waals surface area (Å²) >= 11 is 0. The third-order valence-electron chi connectivity index (χ3n) is 8.19. The molecule has 0 spiro atoms. The van der Waals surface area contributed by atoms with Crippen LogP contribution in [0.15, 0.2) is 96.0 Å². The van der Waals surface area contributed by atoms with Crippen LogP contribution in [-0.4, -0.2) is 10.8 Å². The first kappa shape index (κ1) is 19.2. The van der Waals surface area contributed by atoms with E-state index in [1.807, 2.05) is 6.21 Å². The Morgan fingerprint density at radius 3 is 2.40 bits per heavy atom. The van der Waals surface area contributed by atoms with Crippen molar-refractivity contribution in [1.82, 2.24) is 4.57 Å². The van der Waals surface area contributed by atoms with Gasteiger partial charge in [0.25, 0.3) is 0 Å². The van der Waals surface area contributed by atoms with Crippen LogP contribution in [0.3, 0.4) is 0 Å². The fourth-order valence-corrected chi connectivity index (χ4v) is 6.71. The van der Waals surface area contributed by atoms with Crippen LogP contribution in [0.25, 0.3) is 49.4 Å². The Morgan fingerprint density at radius 2 is 1.51 bits per heavy atom. The van der Waals surface area contributed by atoms with Crippen molar-refractivity contribution in [3.05, 3.63) is 108 Å². The Labute approximate surface area is 204 Å². The molecule has 166 valence electrons. The highest BCUT2D eigenvalue weighted by molar-refractivity contribution is 6.27. The number of hydrogen-bond donors (Lipinski definition) is 0. The van der Waals surface area contributed by atoms with Crippen LogP contribution < -0.4 is 0 Å². The van der Waals surface area contributed by atoms with E-state index in [1.54, 1.807) is 0 Å². The summed E-state index contributed by atoms with van der Waals surface area (Å²) in [4.78, 5) is 4.67. The highest BCUT2D eigenvalue weighted by atomic mass is 15.0. The topological polar surface area (TPSA) is 17.3 Å². The molecule has 0 fully saturated rings. The average Bonchev–Trinajstić information content (AvgIpc) is 3.55. The van der Waals surface area contributed by atoms with Crippen LogP contribution in [0.2, 0.25) is 0 Å². The lowest BCUT2D eigenvalue weighted by Gasteiger charge is -2.24. The van der Waals surface area contributed by atoms with E-state index in [4.69, 9.17) is 0 Å². The van der Waals surface area contributed by atoms with Crippen molar-refractivity contribution in [1.29, 1.82) is 0 Å². The van der Waals surface area contributed by atoms with Gasteiger partial charge in [-0.15, -0.1) is 0 Å². The average molecular weight is 449 g/mol. The van der Waals surface area contributed by atoms with Crippen LogP contribution in [-0.2, 0) is 11.8 Å². The summed E-state index contributed by atoms with van der Waals surface area (Å²) in [6.45, 7) is 4.76. The minimum absolute atomic E-state index is 0.0801. The zero-order valence-corrected chi connectivity index (χ0v) is 19.8. The predicted octanol–water partition coefficient (Wildman–Crippen LogP) is 8.50. The Morgan fingerprint density at radius 1 is 0.771 bits per heavy atom. The van der Waals surface area contributed by atoms with Crippen molar-refractivity contribution in [3.63, 3.8) is 0 Å². The van der Waals surface area contributed by atoms with Crippen LogP contribution in [0.4, 0.5) is 5.69 Å². The molecule has 2 heteroatoms. The van der Waals surface area contributed by atoms with Gasteiger partial charge in [0, 0.05) is 40.1 Å². The van der Waals surface area contributed by atoms with Crippen LogP contribution >= 0.6 is 0 Å². The van der Waals surface area contributed by atoms with Crippen LogP contribution in [0, 0.1) is 0 Å². The molecule has 0 atom stereocenters. The molecule has 0 amide bonds. The number of benzene rings is 5. The molecular weight excluding hydrogens is 424 g/mol. The molecular formula is C33H24N2. The molecule has 5 aromatic carbocycles. The SMILES string of the molecule is CC1(C)c2ccccc2-c2c1c1ccccc1c1c3ccccc3n(-c3ccc4c(c3)N=CC4)c21.